The van der Waals surface area contributed by atoms with Gasteiger partial charge in [-0.05, 0) is 78.6 Å². The molecule has 0 saturated carbocycles. The number of carbonyl (C=O) groups excluding carboxylic acids is 4. The molecule has 0 aromatic heterocycles. The Morgan fingerprint density at radius 3 is 1.12 bits per heavy atom. The van der Waals surface area contributed by atoms with Crippen molar-refractivity contribution in [2.24, 2.45) is 0 Å². The number of ether oxygens (including phenoxy) is 2. The molecule has 0 unspecified atom stereocenters. The molecule has 218 valence electrons. The number of anilines is 4. The average molecular weight is 555 g/mol. The van der Waals surface area contributed by atoms with E-state index in [-0.39, 0.29) is 11.8 Å². The molecular formula is C30H42N4O6. The molecule has 4 amide bonds. The van der Waals surface area contributed by atoms with Crippen molar-refractivity contribution in [2.45, 2.75) is 91.3 Å². The highest BCUT2D eigenvalue weighted by Crippen LogP contribution is 2.24. The first-order valence-corrected chi connectivity index (χ1v) is 13.5. The van der Waals surface area contributed by atoms with Crippen LogP contribution in [0.4, 0.5) is 32.3 Å². The van der Waals surface area contributed by atoms with Crippen LogP contribution in [0.15, 0.2) is 48.5 Å². The lowest BCUT2D eigenvalue weighted by molar-refractivity contribution is -0.117. The topological polar surface area (TPSA) is 135 Å². The molecule has 0 radical (unpaired) electrons. The Morgan fingerprint density at radius 1 is 0.525 bits per heavy atom. The molecule has 10 nitrogen and oxygen atoms in total. The van der Waals surface area contributed by atoms with Crippen LogP contribution >= 0.6 is 0 Å². The molecule has 0 fully saturated rings. The smallest absolute Gasteiger partial charge is 0.412 e. The van der Waals surface area contributed by atoms with Crippen molar-refractivity contribution < 1.29 is 28.7 Å². The van der Waals surface area contributed by atoms with Gasteiger partial charge in [-0.1, -0.05) is 37.1 Å². The van der Waals surface area contributed by atoms with Crippen LogP contribution in [0.5, 0.6) is 0 Å². The van der Waals surface area contributed by atoms with E-state index in [1.165, 1.54) is 0 Å². The van der Waals surface area contributed by atoms with Crippen molar-refractivity contribution in [1.29, 1.82) is 0 Å². The third kappa shape index (κ3) is 13.1. The van der Waals surface area contributed by atoms with Gasteiger partial charge < -0.3 is 20.1 Å². The number of carbonyl (C=O) groups is 4. The van der Waals surface area contributed by atoms with Crippen molar-refractivity contribution >= 4 is 46.8 Å². The van der Waals surface area contributed by atoms with Crippen LogP contribution < -0.4 is 21.3 Å². The first-order chi connectivity index (χ1) is 18.7. The van der Waals surface area contributed by atoms with E-state index in [0.29, 0.717) is 48.4 Å². The minimum atomic E-state index is -0.633. The Labute approximate surface area is 236 Å². The van der Waals surface area contributed by atoms with E-state index in [9.17, 15) is 19.2 Å². The molecule has 2 rings (SSSR count). The highest BCUT2D eigenvalue weighted by atomic mass is 16.6. The average Bonchev–Trinajstić information content (AvgIpc) is 2.81. The standard InChI is InChI=1S/C30H42N4O6/c1-29(2,3)39-27(37)33-23-17-13-11-15-21(23)31-25(35)19-9-7-8-10-20-26(36)32-22-16-12-14-18-24(22)34-28(38)40-30(4,5)6/h11-18H,7-10,19-20H2,1-6H3,(H,31,35)(H,32,36)(H,33,37)(H,34,38). The minimum Gasteiger partial charge on any atom is -0.444 e. The van der Waals surface area contributed by atoms with Gasteiger partial charge in [0.05, 0.1) is 22.7 Å². The van der Waals surface area contributed by atoms with Gasteiger partial charge in [-0.2, -0.15) is 0 Å². The molecule has 0 atom stereocenters. The maximum atomic E-state index is 12.5. The maximum Gasteiger partial charge on any atom is 0.412 e. The van der Waals surface area contributed by atoms with Crippen molar-refractivity contribution in [3.8, 4) is 0 Å². The summed E-state index contributed by atoms with van der Waals surface area (Å²) < 4.78 is 10.6. The van der Waals surface area contributed by atoms with Gasteiger partial charge in [0.1, 0.15) is 11.2 Å². The molecule has 2 aromatic carbocycles. The van der Waals surface area contributed by atoms with Crippen LogP contribution in [0.2, 0.25) is 0 Å². The Kier molecular flexibility index (Phi) is 12.0. The molecular weight excluding hydrogens is 512 g/mol. The van der Waals surface area contributed by atoms with Crippen molar-refractivity contribution in [3.63, 3.8) is 0 Å². The number of rotatable bonds is 11. The molecule has 0 aliphatic rings. The second kappa shape index (κ2) is 14.9. The summed E-state index contributed by atoms with van der Waals surface area (Å²) in [6, 6.07) is 13.9. The summed E-state index contributed by atoms with van der Waals surface area (Å²) in [5, 5.41) is 11.0. The highest BCUT2D eigenvalue weighted by molar-refractivity contribution is 5.98. The van der Waals surface area contributed by atoms with E-state index < -0.39 is 23.4 Å². The van der Waals surface area contributed by atoms with E-state index in [1.807, 2.05) is 0 Å². The number of nitrogens with one attached hydrogen (secondary N) is 4. The fourth-order valence-corrected chi connectivity index (χ4v) is 3.58. The summed E-state index contributed by atoms with van der Waals surface area (Å²) in [5.74, 6) is -0.324. The summed E-state index contributed by atoms with van der Waals surface area (Å²) >= 11 is 0. The first-order valence-electron chi connectivity index (χ1n) is 13.5. The molecule has 0 aliphatic heterocycles. The van der Waals surface area contributed by atoms with Crippen LogP contribution in [0.25, 0.3) is 0 Å². The monoisotopic (exact) mass is 554 g/mol. The van der Waals surface area contributed by atoms with Gasteiger partial charge in [0.25, 0.3) is 0 Å². The molecule has 10 heteroatoms. The fraction of sp³-hybridized carbons (Fsp3) is 0.467. The van der Waals surface area contributed by atoms with Crippen LogP contribution in [0.3, 0.4) is 0 Å². The number of unbranched alkanes of at least 4 members (excludes halogenated alkanes) is 3. The lowest BCUT2D eigenvalue weighted by atomic mass is 10.1. The summed E-state index contributed by atoms with van der Waals surface area (Å²) in [6.45, 7) is 10.7. The third-order valence-electron chi connectivity index (χ3n) is 5.23. The number of para-hydroxylation sites is 4. The zero-order chi connectivity index (χ0) is 29.8. The quantitative estimate of drug-likeness (QED) is 0.215. The second-order valence-electron chi connectivity index (χ2n) is 11.4. The predicted octanol–water partition coefficient (Wildman–Crippen LogP) is 7.30. The molecule has 0 saturated heterocycles. The summed E-state index contributed by atoms with van der Waals surface area (Å²) in [6.07, 6.45) is 2.34. The van der Waals surface area contributed by atoms with Crippen LogP contribution in [-0.4, -0.2) is 35.2 Å². The molecule has 40 heavy (non-hydrogen) atoms. The Hall–Kier alpha value is -4.08. The van der Waals surface area contributed by atoms with Gasteiger partial charge in [-0.15, -0.1) is 0 Å². The van der Waals surface area contributed by atoms with Crippen molar-refractivity contribution in [3.05, 3.63) is 48.5 Å². The van der Waals surface area contributed by atoms with Gasteiger partial charge >= 0.3 is 12.2 Å². The fourth-order valence-electron chi connectivity index (χ4n) is 3.58. The lowest BCUT2D eigenvalue weighted by Gasteiger charge is -2.20. The van der Waals surface area contributed by atoms with E-state index in [2.05, 4.69) is 21.3 Å². The second-order valence-corrected chi connectivity index (χ2v) is 11.4. The number of benzene rings is 2. The summed E-state index contributed by atoms with van der Waals surface area (Å²) in [7, 11) is 0. The van der Waals surface area contributed by atoms with Crippen LogP contribution in [-0.2, 0) is 19.1 Å². The van der Waals surface area contributed by atoms with E-state index in [1.54, 1.807) is 90.1 Å². The highest BCUT2D eigenvalue weighted by Gasteiger charge is 2.19. The predicted molar refractivity (Wildman–Crippen MR) is 158 cm³/mol. The van der Waals surface area contributed by atoms with Gasteiger partial charge in [-0.3, -0.25) is 20.2 Å². The van der Waals surface area contributed by atoms with Crippen molar-refractivity contribution in [1.82, 2.24) is 0 Å². The van der Waals surface area contributed by atoms with Crippen LogP contribution in [0, 0.1) is 0 Å². The third-order valence-corrected chi connectivity index (χ3v) is 5.23. The summed E-state index contributed by atoms with van der Waals surface area (Å²) in [5.41, 5.74) is 0.643. The Balaban J connectivity index is 1.71. The SMILES string of the molecule is CC(C)(C)OC(=O)Nc1ccccc1NC(=O)CCCCCCC(=O)Nc1ccccc1NC(=O)OC(C)(C)C. The first kappa shape index (κ1) is 32.1. The Morgan fingerprint density at radius 2 is 0.825 bits per heavy atom. The van der Waals surface area contributed by atoms with E-state index in [4.69, 9.17) is 9.47 Å². The zero-order valence-electron chi connectivity index (χ0n) is 24.3. The zero-order valence-corrected chi connectivity index (χ0v) is 24.3. The number of hydrogen-bond donors (Lipinski definition) is 4. The van der Waals surface area contributed by atoms with Gasteiger partial charge in [0, 0.05) is 12.8 Å². The number of hydrogen-bond acceptors (Lipinski definition) is 6. The van der Waals surface area contributed by atoms with Crippen molar-refractivity contribution in [2.75, 3.05) is 21.3 Å². The van der Waals surface area contributed by atoms with Gasteiger partial charge in [0.2, 0.25) is 11.8 Å². The maximum absolute atomic E-state index is 12.5. The Bertz CT molecular complexity index is 1080. The summed E-state index contributed by atoms with van der Waals surface area (Å²) in [4.78, 5) is 49.1. The normalized spacial score (nSPS) is 11.2. The molecule has 4 N–H and O–H groups in total. The molecule has 0 aliphatic carbocycles. The minimum absolute atomic E-state index is 0.162. The number of amides is 4. The molecule has 0 spiro atoms. The molecule has 2 aromatic rings. The van der Waals surface area contributed by atoms with Gasteiger partial charge in [0.15, 0.2) is 0 Å². The molecule has 0 bridgehead atoms. The molecule has 0 heterocycles. The van der Waals surface area contributed by atoms with E-state index >= 15 is 0 Å². The van der Waals surface area contributed by atoms with Crippen LogP contribution in [0.1, 0.15) is 80.1 Å². The van der Waals surface area contributed by atoms with E-state index in [0.717, 1.165) is 12.8 Å². The van der Waals surface area contributed by atoms with Gasteiger partial charge in [-0.25, -0.2) is 9.59 Å². The lowest BCUT2D eigenvalue weighted by Crippen LogP contribution is -2.27. The largest absolute Gasteiger partial charge is 0.444 e.